The van der Waals surface area contributed by atoms with Gasteiger partial charge in [-0.05, 0) is 32.1 Å². The van der Waals surface area contributed by atoms with Gasteiger partial charge >= 0.3 is 0 Å². The van der Waals surface area contributed by atoms with Crippen LogP contribution in [0.15, 0.2) is 24.3 Å². The van der Waals surface area contributed by atoms with E-state index in [4.69, 9.17) is 9.05 Å². The predicted octanol–water partition coefficient (Wildman–Crippen LogP) is 8.38. The van der Waals surface area contributed by atoms with Crippen LogP contribution in [-0.4, -0.2) is 68.5 Å². The second-order valence-electron chi connectivity index (χ2n) is 13.6. The third-order valence-corrected chi connectivity index (χ3v) is 8.88. The average molecular weight is 659 g/mol. The van der Waals surface area contributed by atoms with E-state index in [-0.39, 0.29) is 12.5 Å². The van der Waals surface area contributed by atoms with Crippen LogP contribution in [0.1, 0.15) is 149 Å². The van der Waals surface area contributed by atoms with Crippen LogP contribution in [0.3, 0.4) is 0 Å². The molecule has 266 valence electrons. The maximum Gasteiger partial charge on any atom is 0.268 e. The zero-order valence-corrected chi connectivity index (χ0v) is 30.7. The number of aliphatic hydroxyl groups excluding tert-OH is 1. The molecule has 0 aromatic heterocycles. The number of carbonyl (C=O) groups is 1. The molecular weight excluding hydrogens is 587 g/mol. The lowest BCUT2D eigenvalue weighted by Gasteiger charge is -2.29. The number of phosphoric acid groups is 1. The van der Waals surface area contributed by atoms with Crippen molar-refractivity contribution in [1.29, 1.82) is 0 Å². The lowest BCUT2D eigenvalue weighted by Crippen LogP contribution is -2.45. The predicted molar refractivity (Wildman–Crippen MR) is 187 cm³/mol. The number of unbranched alkanes of at least 4 members (excludes halogenated alkanes) is 17. The van der Waals surface area contributed by atoms with Crippen molar-refractivity contribution in [2.24, 2.45) is 0 Å². The summed E-state index contributed by atoms with van der Waals surface area (Å²) in [5, 5.41) is 13.6. The van der Waals surface area contributed by atoms with Gasteiger partial charge in [0.25, 0.3) is 7.82 Å². The Bertz CT molecular complexity index is 799. The summed E-state index contributed by atoms with van der Waals surface area (Å²) in [6, 6.07) is -0.894. The van der Waals surface area contributed by atoms with Gasteiger partial charge in [0.05, 0.1) is 39.9 Å². The first kappa shape index (κ1) is 44.0. The molecule has 8 nitrogen and oxygen atoms in total. The van der Waals surface area contributed by atoms with Crippen molar-refractivity contribution in [2.75, 3.05) is 40.9 Å². The number of amides is 1. The summed E-state index contributed by atoms with van der Waals surface area (Å²) in [6.45, 7) is 4.56. The summed E-state index contributed by atoms with van der Waals surface area (Å²) >= 11 is 0. The van der Waals surface area contributed by atoms with Crippen LogP contribution in [0.25, 0.3) is 0 Å². The van der Waals surface area contributed by atoms with Crippen LogP contribution >= 0.6 is 7.82 Å². The molecule has 0 aliphatic heterocycles. The highest BCUT2D eigenvalue weighted by molar-refractivity contribution is 7.45. The number of nitrogens with one attached hydrogen (secondary N) is 1. The van der Waals surface area contributed by atoms with Crippen LogP contribution in [0.2, 0.25) is 0 Å². The molecule has 3 atom stereocenters. The zero-order chi connectivity index (χ0) is 33.7. The lowest BCUT2D eigenvalue weighted by molar-refractivity contribution is -0.870. The molecule has 1 amide bonds. The van der Waals surface area contributed by atoms with E-state index in [2.05, 4.69) is 31.3 Å². The number of hydrogen-bond acceptors (Lipinski definition) is 6. The number of rotatable bonds is 32. The fraction of sp³-hybridized carbons (Fsp3) is 0.861. The fourth-order valence-corrected chi connectivity index (χ4v) is 5.65. The minimum Gasteiger partial charge on any atom is -0.756 e. The molecule has 0 aromatic carbocycles. The van der Waals surface area contributed by atoms with Crippen LogP contribution in [0.4, 0.5) is 0 Å². The largest absolute Gasteiger partial charge is 0.756 e. The Balaban J connectivity index is 4.63. The van der Waals surface area contributed by atoms with Crippen molar-refractivity contribution < 1.29 is 32.9 Å². The molecule has 0 spiro atoms. The molecule has 0 aliphatic carbocycles. The van der Waals surface area contributed by atoms with Gasteiger partial charge in [0.15, 0.2) is 0 Å². The zero-order valence-electron chi connectivity index (χ0n) is 29.8. The van der Waals surface area contributed by atoms with Crippen LogP contribution in [-0.2, 0) is 18.4 Å². The van der Waals surface area contributed by atoms with Gasteiger partial charge in [-0.2, -0.15) is 0 Å². The topological polar surface area (TPSA) is 108 Å². The van der Waals surface area contributed by atoms with E-state index in [0.717, 1.165) is 38.5 Å². The van der Waals surface area contributed by atoms with Crippen LogP contribution in [0, 0.1) is 0 Å². The minimum atomic E-state index is -4.58. The Morgan fingerprint density at radius 1 is 0.756 bits per heavy atom. The van der Waals surface area contributed by atoms with Gasteiger partial charge in [0.1, 0.15) is 13.2 Å². The number of quaternary nitrogens is 1. The van der Waals surface area contributed by atoms with E-state index in [1.807, 2.05) is 27.2 Å². The summed E-state index contributed by atoms with van der Waals surface area (Å²) in [5.41, 5.74) is 0. The van der Waals surface area contributed by atoms with E-state index in [1.165, 1.54) is 89.9 Å². The molecule has 0 radical (unpaired) electrons. The Labute approximate surface area is 277 Å². The Morgan fingerprint density at radius 3 is 1.80 bits per heavy atom. The van der Waals surface area contributed by atoms with Crippen molar-refractivity contribution in [3.8, 4) is 0 Å². The smallest absolute Gasteiger partial charge is 0.268 e. The quantitative estimate of drug-likeness (QED) is 0.0325. The summed E-state index contributed by atoms with van der Waals surface area (Å²) in [7, 11) is 1.24. The van der Waals surface area contributed by atoms with Gasteiger partial charge in [-0.3, -0.25) is 9.36 Å². The molecule has 0 aliphatic rings. The Morgan fingerprint density at radius 2 is 1.24 bits per heavy atom. The van der Waals surface area contributed by atoms with Crippen molar-refractivity contribution in [2.45, 2.75) is 161 Å². The van der Waals surface area contributed by atoms with Gasteiger partial charge in [-0.1, -0.05) is 134 Å². The number of hydrogen-bond donors (Lipinski definition) is 2. The van der Waals surface area contributed by atoms with Crippen molar-refractivity contribution in [1.82, 2.24) is 5.32 Å². The molecule has 0 bridgehead atoms. The van der Waals surface area contributed by atoms with E-state index in [1.54, 1.807) is 6.08 Å². The summed E-state index contributed by atoms with van der Waals surface area (Å²) in [5.74, 6) is -0.213. The number of allylic oxidation sites excluding steroid dienone is 3. The molecule has 0 rings (SSSR count). The summed E-state index contributed by atoms with van der Waals surface area (Å²) in [4.78, 5) is 25.0. The molecule has 0 saturated carbocycles. The fourth-order valence-electron chi connectivity index (χ4n) is 4.93. The van der Waals surface area contributed by atoms with E-state index >= 15 is 0 Å². The van der Waals surface area contributed by atoms with Crippen molar-refractivity contribution >= 4 is 13.7 Å². The Kier molecular flexibility index (Phi) is 28.5. The monoisotopic (exact) mass is 659 g/mol. The van der Waals surface area contributed by atoms with Gasteiger partial charge < -0.3 is 28.8 Å². The first-order chi connectivity index (χ1) is 21.5. The van der Waals surface area contributed by atoms with Gasteiger partial charge in [-0.25, -0.2) is 0 Å². The van der Waals surface area contributed by atoms with Crippen LogP contribution in [0.5, 0.6) is 0 Å². The van der Waals surface area contributed by atoms with Gasteiger partial charge in [0, 0.05) is 6.42 Å². The SMILES string of the molecule is CCCCCCCCCC/C=C/CC/C=C/[C@@H](O)[C@H](COP(=O)([O-])OCC[N+](C)(C)C)NC(=O)CCCCCCCCCCC. The summed E-state index contributed by atoms with van der Waals surface area (Å²) in [6.07, 6.45) is 30.8. The van der Waals surface area contributed by atoms with E-state index in [0.29, 0.717) is 17.4 Å². The second kappa shape index (κ2) is 29.1. The van der Waals surface area contributed by atoms with Crippen molar-refractivity contribution in [3.05, 3.63) is 24.3 Å². The maximum absolute atomic E-state index is 12.7. The summed E-state index contributed by atoms with van der Waals surface area (Å²) < 4.78 is 23.0. The highest BCUT2D eigenvalue weighted by Gasteiger charge is 2.23. The molecule has 0 saturated heterocycles. The molecule has 1 unspecified atom stereocenters. The lowest BCUT2D eigenvalue weighted by atomic mass is 10.1. The van der Waals surface area contributed by atoms with E-state index < -0.39 is 26.6 Å². The molecule has 0 aromatic rings. The molecule has 45 heavy (non-hydrogen) atoms. The average Bonchev–Trinajstić information content (AvgIpc) is 2.97. The van der Waals surface area contributed by atoms with E-state index in [9.17, 15) is 19.4 Å². The van der Waals surface area contributed by atoms with Crippen molar-refractivity contribution in [3.63, 3.8) is 0 Å². The highest BCUT2D eigenvalue weighted by Crippen LogP contribution is 2.38. The molecular formula is C36H71N2O6P. The first-order valence-corrected chi connectivity index (χ1v) is 19.7. The molecule has 0 heterocycles. The number of nitrogens with zero attached hydrogens (tertiary/aromatic N) is 1. The normalized spacial score (nSPS) is 15.1. The first-order valence-electron chi connectivity index (χ1n) is 18.2. The van der Waals surface area contributed by atoms with Crippen LogP contribution < -0.4 is 10.2 Å². The minimum absolute atomic E-state index is 0.00503. The standard InChI is InChI=1S/C36H71N2O6P/c1-6-8-10-12-14-16-17-18-19-20-22-23-25-27-29-35(39)34(33-44-45(41,42)43-32-31-38(3,4)5)37-36(40)30-28-26-24-21-15-13-11-9-7-2/h20,22,27,29,34-35,39H,6-19,21,23-26,28,30-33H2,1-5H3,(H-,37,40,41,42)/b22-20+,29-27+/t34-,35+/m0/s1. The number of aliphatic hydroxyl groups is 1. The molecule has 9 heteroatoms. The van der Waals surface area contributed by atoms with Gasteiger partial charge in [0.2, 0.25) is 5.91 Å². The Hall–Kier alpha value is -1.02. The molecule has 2 N–H and O–H groups in total. The van der Waals surface area contributed by atoms with Gasteiger partial charge in [-0.15, -0.1) is 0 Å². The second-order valence-corrected chi connectivity index (χ2v) is 15.0. The number of likely N-dealkylation sites (N-methyl/N-ethyl adjacent to an activating group) is 1. The highest BCUT2D eigenvalue weighted by atomic mass is 31.2. The number of carbonyl (C=O) groups excluding carboxylic acids is 1. The molecule has 0 fully saturated rings. The third kappa shape index (κ3) is 31.4. The third-order valence-electron chi connectivity index (χ3n) is 7.91. The number of phosphoric ester groups is 1. The maximum atomic E-state index is 12.7.